The lowest BCUT2D eigenvalue weighted by molar-refractivity contribution is -0.00456. The van der Waals surface area contributed by atoms with Crippen molar-refractivity contribution in [2.75, 3.05) is 0 Å². The van der Waals surface area contributed by atoms with E-state index in [0.29, 0.717) is 12.8 Å². The molecule has 15 heavy (non-hydrogen) atoms. The van der Waals surface area contributed by atoms with Crippen molar-refractivity contribution in [3.63, 3.8) is 0 Å². The lowest BCUT2D eigenvalue weighted by atomic mass is 9.80. The van der Waals surface area contributed by atoms with E-state index in [2.05, 4.69) is 4.98 Å². The fourth-order valence-corrected chi connectivity index (χ4v) is 2.17. The van der Waals surface area contributed by atoms with Gasteiger partial charge in [-0.3, -0.25) is 0 Å². The Morgan fingerprint density at radius 1 is 1.13 bits per heavy atom. The summed E-state index contributed by atoms with van der Waals surface area (Å²) in [5.74, 6) is -1.74. The summed E-state index contributed by atoms with van der Waals surface area (Å²) in [6, 6.07) is 2.38. The molecule has 2 rings (SSSR count). The zero-order chi connectivity index (χ0) is 10.9. The van der Waals surface area contributed by atoms with Gasteiger partial charge in [-0.25, -0.2) is 0 Å². The summed E-state index contributed by atoms with van der Waals surface area (Å²) in [6.07, 6.45) is 3.84. The molecule has 1 aliphatic rings. The number of hydrogen-bond acceptors (Lipinski definition) is 2. The number of pyridine rings is 1. The number of hydrogen-bond donors (Lipinski definition) is 1. The van der Waals surface area contributed by atoms with Gasteiger partial charge in [0.2, 0.25) is 11.9 Å². The van der Waals surface area contributed by atoms with Gasteiger partial charge in [0.25, 0.3) is 0 Å². The normalized spacial score (nSPS) is 20.2. The van der Waals surface area contributed by atoms with E-state index < -0.39 is 17.5 Å². The van der Waals surface area contributed by atoms with E-state index in [4.69, 9.17) is 0 Å². The Morgan fingerprint density at radius 2 is 1.80 bits per heavy atom. The maximum Gasteiger partial charge on any atom is 0.221 e. The van der Waals surface area contributed by atoms with E-state index in [1.165, 1.54) is 6.07 Å². The van der Waals surface area contributed by atoms with E-state index in [-0.39, 0.29) is 5.56 Å². The molecule has 1 heterocycles. The van der Waals surface area contributed by atoms with E-state index >= 15 is 0 Å². The predicted octanol–water partition coefficient (Wildman–Crippen LogP) is 2.51. The second-order valence-corrected chi connectivity index (χ2v) is 4.06. The van der Waals surface area contributed by atoms with Crippen LogP contribution < -0.4 is 0 Å². The molecular formula is C11H13F2NO. The van der Waals surface area contributed by atoms with Crippen molar-refractivity contribution < 1.29 is 13.9 Å². The van der Waals surface area contributed by atoms with Crippen LogP contribution in [0.2, 0.25) is 0 Å². The molecule has 0 unspecified atom stereocenters. The van der Waals surface area contributed by atoms with Gasteiger partial charge < -0.3 is 5.11 Å². The van der Waals surface area contributed by atoms with Crippen molar-refractivity contribution in [3.8, 4) is 0 Å². The van der Waals surface area contributed by atoms with Crippen molar-refractivity contribution in [2.45, 2.75) is 37.7 Å². The highest BCUT2D eigenvalue weighted by atomic mass is 19.1. The van der Waals surface area contributed by atoms with Gasteiger partial charge in [0.05, 0.1) is 5.60 Å². The Morgan fingerprint density at radius 3 is 2.40 bits per heavy atom. The van der Waals surface area contributed by atoms with Crippen molar-refractivity contribution in [1.82, 2.24) is 4.98 Å². The third kappa shape index (κ3) is 2.00. The number of aliphatic hydroxyl groups is 1. The van der Waals surface area contributed by atoms with Crippen LogP contribution in [0.1, 0.15) is 37.7 Å². The van der Waals surface area contributed by atoms with Crippen molar-refractivity contribution in [1.29, 1.82) is 0 Å². The summed E-state index contributed by atoms with van der Waals surface area (Å²) >= 11 is 0. The molecule has 1 fully saturated rings. The Hall–Kier alpha value is -1.03. The molecule has 0 aromatic carbocycles. The second-order valence-electron chi connectivity index (χ2n) is 4.06. The average Bonchev–Trinajstić information content (AvgIpc) is 2.18. The van der Waals surface area contributed by atoms with Gasteiger partial charge in [0.15, 0.2) is 0 Å². The maximum absolute atomic E-state index is 13.4. The van der Waals surface area contributed by atoms with Gasteiger partial charge >= 0.3 is 0 Å². The first-order chi connectivity index (χ1) is 7.12. The standard InChI is InChI=1S/C11H13F2NO/c12-9-5-4-8(10(13)14-9)11(15)6-2-1-3-7-11/h4-5,15H,1-3,6-7H2. The first kappa shape index (κ1) is 10.5. The molecule has 1 aromatic rings. The van der Waals surface area contributed by atoms with Gasteiger partial charge in [-0.1, -0.05) is 19.3 Å². The molecule has 0 spiro atoms. The Labute approximate surface area is 87.0 Å². The van der Waals surface area contributed by atoms with Crippen LogP contribution in [0.4, 0.5) is 8.78 Å². The fraction of sp³-hybridized carbons (Fsp3) is 0.545. The lowest BCUT2D eigenvalue weighted by Crippen LogP contribution is -2.30. The van der Waals surface area contributed by atoms with Crippen LogP contribution in [0.25, 0.3) is 0 Å². The van der Waals surface area contributed by atoms with Crippen LogP contribution in [0, 0.1) is 11.9 Å². The molecule has 1 saturated carbocycles. The van der Waals surface area contributed by atoms with Gasteiger partial charge in [-0.05, 0) is 25.0 Å². The third-order valence-electron chi connectivity index (χ3n) is 3.00. The Kier molecular flexibility index (Phi) is 2.69. The van der Waals surface area contributed by atoms with Gasteiger partial charge in [-0.2, -0.15) is 13.8 Å². The first-order valence-corrected chi connectivity index (χ1v) is 5.17. The minimum Gasteiger partial charge on any atom is -0.385 e. The summed E-state index contributed by atoms with van der Waals surface area (Å²) in [7, 11) is 0. The monoisotopic (exact) mass is 213 g/mol. The minimum absolute atomic E-state index is 0.128. The van der Waals surface area contributed by atoms with Gasteiger partial charge in [0, 0.05) is 5.56 Å². The fourth-order valence-electron chi connectivity index (χ4n) is 2.17. The van der Waals surface area contributed by atoms with Crippen molar-refractivity contribution >= 4 is 0 Å². The van der Waals surface area contributed by atoms with E-state index in [1.54, 1.807) is 0 Å². The third-order valence-corrected chi connectivity index (χ3v) is 3.00. The molecule has 4 heteroatoms. The number of nitrogens with zero attached hydrogens (tertiary/aromatic N) is 1. The summed E-state index contributed by atoms with van der Waals surface area (Å²) in [6.45, 7) is 0. The SMILES string of the molecule is OC1(c2ccc(F)nc2F)CCCCC1. The molecule has 0 atom stereocenters. The first-order valence-electron chi connectivity index (χ1n) is 5.17. The van der Waals surface area contributed by atoms with Crippen LogP contribution in [0.5, 0.6) is 0 Å². The second kappa shape index (κ2) is 3.85. The molecule has 0 aliphatic heterocycles. The van der Waals surface area contributed by atoms with Crippen LogP contribution in [0.3, 0.4) is 0 Å². The summed E-state index contributed by atoms with van der Waals surface area (Å²) in [5.41, 5.74) is -1.02. The van der Waals surface area contributed by atoms with Crippen LogP contribution in [-0.4, -0.2) is 10.1 Å². The number of rotatable bonds is 1. The molecule has 0 amide bonds. The maximum atomic E-state index is 13.4. The Bertz CT molecular complexity index is 362. The lowest BCUT2D eigenvalue weighted by Gasteiger charge is -2.32. The van der Waals surface area contributed by atoms with E-state index in [1.807, 2.05) is 0 Å². The smallest absolute Gasteiger partial charge is 0.221 e. The van der Waals surface area contributed by atoms with Crippen molar-refractivity contribution in [2.24, 2.45) is 0 Å². The van der Waals surface area contributed by atoms with E-state index in [9.17, 15) is 13.9 Å². The minimum atomic E-state index is -1.15. The zero-order valence-electron chi connectivity index (χ0n) is 8.34. The van der Waals surface area contributed by atoms with Crippen LogP contribution >= 0.6 is 0 Å². The quantitative estimate of drug-likeness (QED) is 0.727. The van der Waals surface area contributed by atoms with Gasteiger partial charge in [0.1, 0.15) is 0 Å². The summed E-state index contributed by atoms with van der Waals surface area (Å²) in [5, 5.41) is 10.2. The largest absolute Gasteiger partial charge is 0.385 e. The predicted molar refractivity (Wildman–Crippen MR) is 51.1 cm³/mol. The van der Waals surface area contributed by atoms with E-state index in [0.717, 1.165) is 25.3 Å². The zero-order valence-corrected chi connectivity index (χ0v) is 8.34. The summed E-state index contributed by atoms with van der Waals surface area (Å²) < 4.78 is 26.0. The molecular weight excluding hydrogens is 200 g/mol. The molecule has 1 N–H and O–H groups in total. The summed E-state index contributed by atoms with van der Waals surface area (Å²) in [4.78, 5) is 3.10. The van der Waals surface area contributed by atoms with Gasteiger partial charge in [-0.15, -0.1) is 0 Å². The number of halogens is 2. The molecule has 1 aliphatic carbocycles. The average molecular weight is 213 g/mol. The Balaban J connectivity index is 2.35. The van der Waals surface area contributed by atoms with Crippen LogP contribution in [0.15, 0.2) is 12.1 Å². The molecule has 82 valence electrons. The van der Waals surface area contributed by atoms with Crippen LogP contribution in [-0.2, 0) is 5.60 Å². The molecule has 1 aromatic heterocycles. The highest BCUT2D eigenvalue weighted by Gasteiger charge is 2.34. The molecule has 0 radical (unpaired) electrons. The highest BCUT2D eigenvalue weighted by molar-refractivity contribution is 5.20. The number of aromatic nitrogens is 1. The molecule has 2 nitrogen and oxygen atoms in total. The van der Waals surface area contributed by atoms with Crippen molar-refractivity contribution in [3.05, 3.63) is 29.6 Å². The molecule has 0 saturated heterocycles. The topological polar surface area (TPSA) is 33.1 Å². The molecule has 0 bridgehead atoms. The highest BCUT2D eigenvalue weighted by Crippen LogP contribution is 2.37.